The molecule has 2 amide bonds. The van der Waals surface area contributed by atoms with Gasteiger partial charge in [-0.25, -0.2) is 4.39 Å². The van der Waals surface area contributed by atoms with Crippen LogP contribution in [-0.2, 0) is 16.1 Å². The fraction of sp³-hybridized carbons (Fsp3) is 0.269. The molecule has 0 aliphatic carbocycles. The molecule has 0 radical (unpaired) electrons. The van der Waals surface area contributed by atoms with Gasteiger partial charge in [-0.3, -0.25) is 14.5 Å². The Labute approximate surface area is 218 Å². The molecule has 37 heavy (non-hydrogen) atoms. The van der Waals surface area contributed by atoms with Gasteiger partial charge in [0.25, 0.3) is 11.8 Å². The number of aromatic nitrogens is 4. The van der Waals surface area contributed by atoms with E-state index in [0.717, 1.165) is 4.80 Å². The van der Waals surface area contributed by atoms with Gasteiger partial charge in [0, 0.05) is 16.2 Å². The summed E-state index contributed by atoms with van der Waals surface area (Å²) >= 11 is 6.08. The van der Waals surface area contributed by atoms with E-state index in [1.165, 1.54) is 17.0 Å². The average molecular weight is 525 g/mol. The molecule has 1 atom stereocenters. The maximum atomic E-state index is 14.2. The standard InChI is InChI=1S/C26H26ClFN6O3/c1-16-9-14-21(37-16)23(25(36)29-26(2,3)4)34(18-12-10-17(27)11-13-18)22(35)15-33-31-24(30-32-33)19-7-5-6-8-20(19)28/h5-14,23H,15H2,1-4H3,(H,29,36)/t23-/m0/s1. The number of hydrogen-bond acceptors (Lipinski definition) is 6. The van der Waals surface area contributed by atoms with Crippen molar-refractivity contribution in [3.63, 3.8) is 0 Å². The molecule has 2 heterocycles. The maximum Gasteiger partial charge on any atom is 0.251 e. The number of benzene rings is 2. The smallest absolute Gasteiger partial charge is 0.251 e. The first-order valence-electron chi connectivity index (χ1n) is 11.5. The highest BCUT2D eigenvalue weighted by Crippen LogP contribution is 2.31. The summed E-state index contributed by atoms with van der Waals surface area (Å²) in [6.07, 6.45) is 0. The lowest BCUT2D eigenvalue weighted by molar-refractivity contribution is -0.128. The van der Waals surface area contributed by atoms with Gasteiger partial charge < -0.3 is 9.73 Å². The molecule has 0 spiro atoms. The van der Waals surface area contributed by atoms with E-state index in [1.807, 2.05) is 20.8 Å². The second-order valence-corrected chi connectivity index (χ2v) is 9.89. The van der Waals surface area contributed by atoms with Gasteiger partial charge in [-0.2, -0.15) is 4.80 Å². The molecule has 2 aromatic heterocycles. The number of carbonyl (C=O) groups is 2. The number of nitrogens with zero attached hydrogens (tertiary/aromatic N) is 5. The number of aryl methyl sites for hydroxylation is 1. The van der Waals surface area contributed by atoms with E-state index in [1.54, 1.807) is 55.5 Å². The second kappa shape index (κ2) is 10.5. The normalized spacial score (nSPS) is 12.3. The van der Waals surface area contributed by atoms with E-state index in [-0.39, 0.29) is 23.7 Å². The first-order valence-corrected chi connectivity index (χ1v) is 11.9. The highest BCUT2D eigenvalue weighted by molar-refractivity contribution is 6.30. The Morgan fingerprint density at radius 2 is 1.81 bits per heavy atom. The molecule has 1 N–H and O–H groups in total. The topological polar surface area (TPSA) is 106 Å². The number of hydrogen-bond donors (Lipinski definition) is 1. The molecular weight excluding hydrogens is 499 g/mol. The van der Waals surface area contributed by atoms with Crippen molar-refractivity contribution in [1.29, 1.82) is 0 Å². The van der Waals surface area contributed by atoms with E-state index in [0.29, 0.717) is 16.5 Å². The van der Waals surface area contributed by atoms with Crippen LogP contribution in [0.1, 0.15) is 38.3 Å². The van der Waals surface area contributed by atoms with E-state index in [2.05, 4.69) is 20.7 Å². The molecule has 0 saturated carbocycles. The fourth-order valence-electron chi connectivity index (χ4n) is 3.71. The fourth-order valence-corrected chi connectivity index (χ4v) is 3.83. The third kappa shape index (κ3) is 6.21. The Balaban J connectivity index is 1.73. The van der Waals surface area contributed by atoms with Crippen molar-refractivity contribution in [1.82, 2.24) is 25.5 Å². The molecule has 11 heteroatoms. The number of furan rings is 1. The van der Waals surface area contributed by atoms with E-state index in [9.17, 15) is 14.0 Å². The first-order chi connectivity index (χ1) is 17.5. The molecule has 0 bridgehead atoms. The second-order valence-electron chi connectivity index (χ2n) is 9.45. The molecule has 192 valence electrons. The van der Waals surface area contributed by atoms with Crippen LogP contribution in [-0.4, -0.2) is 37.6 Å². The van der Waals surface area contributed by atoms with Crippen LogP contribution in [0.25, 0.3) is 11.4 Å². The minimum absolute atomic E-state index is 0.0348. The molecule has 4 rings (SSSR count). The number of anilines is 1. The highest BCUT2D eigenvalue weighted by atomic mass is 35.5. The third-order valence-electron chi connectivity index (χ3n) is 5.25. The maximum absolute atomic E-state index is 14.2. The highest BCUT2D eigenvalue weighted by Gasteiger charge is 2.37. The Kier molecular flexibility index (Phi) is 7.40. The number of nitrogens with one attached hydrogen (secondary N) is 1. The van der Waals surface area contributed by atoms with Crippen LogP contribution in [0.3, 0.4) is 0 Å². The lowest BCUT2D eigenvalue weighted by atomic mass is 10.1. The number of halogens is 2. The molecule has 9 nitrogen and oxygen atoms in total. The van der Waals surface area contributed by atoms with Gasteiger partial charge in [0.1, 0.15) is 23.9 Å². The predicted molar refractivity (Wildman–Crippen MR) is 136 cm³/mol. The van der Waals surface area contributed by atoms with Crippen molar-refractivity contribution in [3.8, 4) is 11.4 Å². The average Bonchev–Trinajstić information content (AvgIpc) is 3.46. The third-order valence-corrected chi connectivity index (χ3v) is 5.51. The number of carbonyl (C=O) groups excluding carboxylic acids is 2. The lowest BCUT2D eigenvalue weighted by Gasteiger charge is -2.32. The zero-order chi connectivity index (χ0) is 26.7. The van der Waals surface area contributed by atoms with Crippen molar-refractivity contribution >= 4 is 29.1 Å². The number of tetrazole rings is 1. The molecule has 0 aliphatic rings. The Morgan fingerprint density at radius 3 is 2.43 bits per heavy atom. The van der Waals surface area contributed by atoms with Gasteiger partial charge in [0.15, 0.2) is 6.04 Å². The monoisotopic (exact) mass is 524 g/mol. The molecule has 4 aromatic rings. The zero-order valence-electron chi connectivity index (χ0n) is 20.8. The first kappa shape index (κ1) is 26.0. The molecule has 0 fully saturated rings. The summed E-state index contributed by atoms with van der Waals surface area (Å²) in [5, 5.41) is 15.4. The van der Waals surface area contributed by atoms with Crippen molar-refractivity contribution in [2.75, 3.05) is 4.90 Å². The van der Waals surface area contributed by atoms with Crippen LogP contribution in [0.2, 0.25) is 5.02 Å². The van der Waals surface area contributed by atoms with Gasteiger partial charge in [0.05, 0.1) is 5.56 Å². The Hall–Kier alpha value is -4.05. The van der Waals surface area contributed by atoms with Crippen LogP contribution >= 0.6 is 11.6 Å². The Bertz CT molecular complexity index is 1410. The molecule has 0 unspecified atom stereocenters. The summed E-state index contributed by atoms with van der Waals surface area (Å²) in [7, 11) is 0. The summed E-state index contributed by atoms with van der Waals surface area (Å²) in [5.74, 6) is -0.580. The number of rotatable bonds is 7. The van der Waals surface area contributed by atoms with Crippen LogP contribution in [0.4, 0.5) is 10.1 Å². The van der Waals surface area contributed by atoms with Gasteiger partial charge >= 0.3 is 0 Å². The molecule has 0 saturated heterocycles. The largest absolute Gasteiger partial charge is 0.464 e. The lowest BCUT2D eigenvalue weighted by Crippen LogP contribution is -2.50. The summed E-state index contributed by atoms with van der Waals surface area (Å²) in [4.78, 5) is 29.7. The minimum Gasteiger partial charge on any atom is -0.464 e. The van der Waals surface area contributed by atoms with Crippen molar-refractivity contribution in [2.24, 2.45) is 0 Å². The molecule has 2 aromatic carbocycles. The predicted octanol–water partition coefficient (Wildman–Crippen LogP) is 4.72. The van der Waals surface area contributed by atoms with E-state index < -0.39 is 29.2 Å². The van der Waals surface area contributed by atoms with E-state index >= 15 is 0 Å². The van der Waals surface area contributed by atoms with Gasteiger partial charge in [0.2, 0.25) is 5.82 Å². The Morgan fingerprint density at radius 1 is 1.11 bits per heavy atom. The summed E-state index contributed by atoms with van der Waals surface area (Å²) in [6.45, 7) is 6.90. The quantitative estimate of drug-likeness (QED) is 0.375. The van der Waals surface area contributed by atoms with E-state index in [4.69, 9.17) is 16.0 Å². The van der Waals surface area contributed by atoms with Gasteiger partial charge in [-0.05, 0) is 81.4 Å². The van der Waals surface area contributed by atoms with Crippen LogP contribution in [0.15, 0.2) is 65.1 Å². The van der Waals surface area contributed by atoms with Gasteiger partial charge in [-0.15, -0.1) is 10.2 Å². The van der Waals surface area contributed by atoms with Gasteiger partial charge in [-0.1, -0.05) is 23.7 Å². The van der Waals surface area contributed by atoms with Crippen LogP contribution < -0.4 is 10.2 Å². The van der Waals surface area contributed by atoms with Crippen molar-refractivity contribution in [3.05, 3.63) is 83.0 Å². The van der Waals surface area contributed by atoms with Crippen LogP contribution in [0.5, 0.6) is 0 Å². The van der Waals surface area contributed by atoms with Crippen LogP contribution in [0, 0.1) is 12.7 Å². The molecular formula is C26H26ClFN6O3. The molecule has 0 aliphatic heterocycles. The van der Waals surface area contributed by atoms with Crippen molar-refractivity contribution < 1.29 is 18.4 Å². The summed E-state index contributed by atoms with van der Waals surface area (Å²) in [6, 6.07) is 14.7. The SMILES string of the molecule is Cc1ccc([C@@H](C(=O)NC(C)(C)C)N(C(=O)Cn2nnc(-c3ccccc3F)n2)c2ccc(Cl)cc2)o1. The number of amides is 2. The van der Waals surface area contributed by atoms with Crippen molar-refractivity contribution in [2.45, 2.75) is 45.8 Å². The minimum atomic E-state index is -1.14. The summed E-state index contributed by atoms with van der Waals surface area (Å²) in [5.41, 5.74) is -0.00966. The summed E-state index contributed by atoms with van der Waals surface area (Å²) < 4.78 is 20.0. The zero-order valence-corrected chi connectivity index (χ0v) is 21.5.